The molecule has 6 heteroatoms. The number of hydrogen-bond acceptors (Lipinski definition) is 3. The second kappa shape index (κ2) is 10.3. The van der Waals surface area contributed by atoms with Gasteiger partial charge in [-0.1, -0.05) is 50.2 Å². The molecule has 0 aliphatic carbocycles. The quantitative estimate of drug-likeness (QED) is 0.545. The molecule has 0 bridgehead atoms. The van der Waals surface area contributed by atoms with Crippen molar-refractivity contribution < 1.29 is 9.59 Å². The maximum Gasteiger partial charge on any atom is 0.246 e. The molecule has 168 valence electrons. The van der Waals surface area contributed by atoms with Crippen LogP contribution in [0.15, 0.2) is 54.7 Å². The molecule has 0 aliphatic heterocycles. The molecule has 32 heavy (non-hydrogen) atoms. The lowest BCUT2D eigenvalue weighted by Gasteiger charge is -2.21. The molecule has 2 amide bonds. The van der Waals surface area contributed by atoms with E-state index in [1.165, 1.54) is 5.56 Å². The third-order valence-corrected chi connectivity index (χ3v) is 5.45. The van der Waals surface area contributed by atoms with Crippen LogP contribution in [0.4, 0.5) is 5.95 Å². The molecule has 6 nitrogen and oxygen atoms in total. The Kier molecular flexibility index (Phi) is 7.46. The molecule has 0 atom stereocenters. The number of carbonyl (C=O) groups excluding carboxylic acids is 2. The van der Waals surface area contributed by atoms with Gasteiger partial charge >= 0.3 is 0 Å². The van der Waals surface area contributed by atoms with Gasteiger partial charge in [0.2, 0.25) is 17.8 Å². The van der Waals surface area contributed by atoms with Gasteiger partial charge in [-0.3, -0.25) is 19.5 Å². The predicted molar refractivity (Wildman–Crippen MR) is 129 cm³/mol. The number of carbonyl (C=O) groups is 2. The van der Waals surface area contributed by atoms with Crippen LogP contribution in [0.2, 0.25) is 0 Å². The standard InChI is InChI=1S/C26H32N4O2/c1-6-29(25(32)14-18(2)3)17-24(31)28-26-27-23(21-10-8-7-9-11-21)16-30(26)22-13-12-19(4)20(5)15-22/h7-13,15-16,18H,6,14,17H2,1-5H3,(H,27,28,31). The van der Waals surface area contributed by atoms with Gasteiger partial charge in [0.15, 0.2) is 0 Å². The number of imidazole rings is 1. The molecule has 3 rings (SSSR count). The van der Waals surface area contributed by atoms with Crippen LogP contribution in [-0.4, -0.2) is 39.4 Å². The Morgan fingerprint density at radius 2 is 1.78 bits per heavy atom. The Labute approximate surface area is 190 Å². The highest BCUT2D eigenvalue weighted by Gasteiger charge is 2.19. The Morgan fingerprint density at radius 3 is 2.41 bits per heavy atom. The molecular weight excluding hydrogens is 400 g/mol. The first-order valence-corrected chi connectivity index (χ1v) is 11.1. The van der Waals surface area contributed by atoms with E-state index in [2.05, 4.69) is 31.3 Å². The molecule has 3 aromatic rings. The number of nitrogens with zero attached hydrogens (tertiary/aromatic N) is 3. The zero-order valence-corrected chi connectivity index (χ0v) is 19.6. The molecular formula is C26H32N4O2. The Balaban J connectivity index is 1.90. The summed E-state index contributed by atoms with van der Waals surface area (Å²) < 4.78 is 1.89. The number of benzene rings is 2. The van der Waals surface area contributed by atoms with E-state index in [-0.39, 0.29) is 24.3 Å². The molecule has 0 saturated carbocycles. The van der Waals surface area contributed by atoms with Crippen LogP contribution in [0.25, 0.3) is 16.9 Å². The monoisotopic (exact) mass is 432 g/mol. The van der Waals surface area contributed by atoms with Crippen LogP contribution < -0.4 is 5.32 Å². The van der Waals surface area contributed by atoms with Crippen LogP contribution in [0.3, 0.4) is 0 Å². The van der Waals surface area contributed by atoms with Crippen molar-refractivity contribution in [1.29, 1.82) is 0 Å². The van der Waals surface area contributed by atoms with Gasteiger partial charge < -0.3 is 4.90 Å². The van der Waals surface area contributed by atoms with Crippen molar-refractivity contribution in [3.05, 3.63) is 65.9 Å². The highest BCUT2D eigenvalue weighted by atomic mass is 16.2. The maximum atomic E-state index is 12.9. The topological polar surface area (TPSA) is 67.2 Å². The third-order valence-electron chi connectivity index (χ3n) is 5.45. The van der Waals surface area contributed by atoms with Gasteiger partial charge in [-0.15, -0.1) is 0 Å². The molecule has 0 unspecified atom stereocenters. The Bertz CT molecular complexity index is 1090. The molecule has 0 aliphatic rings. The number of hydrogen-bond donors (Lipinski definition) is 1. The van der Waals surface area contributed by atoms with E-state index >= 15 is 0 Å². The third kappa shape index (κ3) is 5.63. The van der Waals surface area contributed by atoms with Crippen molar-refractivity contribution in [3.63, 3.8) is 0 Å². The van der Waals surface area contributed by atoms with Gasteiger partial charge in [-0.2, -0.15) is 0 Å². The van der Waals surface area contributed by atoms with Crippen LogP contribution >= 0.6 is 0 Å². The van der Waals surface area contributed by atoms with Crippen LogP contribution in [0, 0.1) is 19.8 Å². The smallest absolute Gasteiger partial charge is 0.246 e. The normalized spacial score (nSPS) is 10.9. The fourth-order valence-corrected chi connectivity index (χ4v) is 3.48. The van der Waals surface area contributed by atoms with Crippen LogP contribution in [0.1, 0.15) is 38.3 Å². The average molecular weight is 433 g/mol. The van der Waals surface area contributed by atoms with Gasteiger partial charge in [0.1, 0.15) is 0 Å². The lowest BCUT2D eigenvalue weighted by molar-refractivity contribution is -0.135. The van der Waals surface area contributed by atoms with Crippen LogP contribution in [-0.2, 0) is 9.59 Å². The number of likely N-dealkylation sites (N-methyl/N-ethyl adjacent to an activating group) is 1. The SMILES string of the molecule is CCN(CC(=O)Nc1nc(-c2ccccc2)cn1-c1ccc(C)c(C)c1)C(=O)CC(C)C. The minimum Gasteiger partial charge on any atom is -0.334 e. The molecule has 1 aromatic heterocycles. The van der Waals surface area contributed by atoms with Crippen molar-refractivity contribution in [1.82, 2.24) is 14.5 Å². The fourth-order valence-electron chi connectivity index (χ4n) is 3.48. The first-order chi connectivity index (χ1) is 15.3. The molecule has 0 fully saturated rings. The van der Waals surface area contributed by atoms with Crippen molar-refractivity contribution in [2.45, 2.75) is 41.0 Å². The van der Waals surface area contributed by atoms with E-state index in [0.29, 0.717) is 18.9 Å². The molecule has 0 spiro atoms. The average Bonchev–Trinajstić information content (AvgIpc) is 3.17. The summed E-state index contributed by atoms with van der Waals surface area (Å²) in [6.45, 7) is 10.5. The van der Waals surface area contributed by atoms with Crippen molar-refractivity contribution >= 4 is 17.8 Å². The Hall–Kier alpha value is -3.41. The molecule has 0 saturated heterocycles. The van der Waals surface area contributed by atoms with E-state index in [1.54, 1.807) is 4.90 Å². The number of aryl methyl sites for hydroxylation is 2. The highest BCUT2D eigenvalue weighted by molar-refractivity contribution is 5.94. The zero-order chi connectivity index (χ0) is 23.3. The van der Waals surface area contributed by atoms with E-state index in [1.807, 2.05) is 67.9 Å². The molecule has 2 aromatic carbocycles. The summed E-state index contributed by atoms with van der Waals surface area (Å²) in [6, 6.07) is 16.0. The van der Waals surface area contributed by atoms with Crippen molar-refractivity contribution in [2.24, 2.45) is 5.92 Å². The largest absolute Gasteiger partial charge is 0.334 e. The second-order valence-corrected chi connectivity index (χ2v) is 8.51. The van der Waals surface area contributed by atoms with E-state index in [0.717, 1.165) is 22.5 Å². The maximum absolute atomic E-state index is 12.9. The number of nitrogens with one attached hydrogen (secondary N) is 1. The van der Waals surface area contributed by atoms with Gasteiger partial charge in [0, 0.05) is 30.4 Å². The van der Waals surface area contributed by atoms with Gasteiger partial charge in [-0.25, -0.2) is 4.98 Å². The fraction of sp³-hybridized carbons (Fsp3) is 0.346. The predicted octanol–water partition coefficient (Wildman–Crippen LogP) is 4.99. The summed E-state index contributed by atoms with van der Waals surface area (Å²) in [5, 5.41) is 2.93. The first kappa shape index (κ1) is 23.3. The second-order valence-electron chi connectivity index (χ2n) is 8.51. The lowest BCUT2D eigenvalue weighted by atomic mass is 10.1. The summed E-state index contributed by atoms with van der Waals surface area (Å²) in [6.07, 6.45) is 2.35. The van der Waals surface area contributed by atoms with Crippen molar-refractivity contribution in [3.8, 4) is 16.9 Å². The van der Waals surface area contributed by atoms with Gasteiger partial charge in [0.05, 0.1) is 12.2 Å². The van der Waals surface area contributed by atoms with Crippen molar-refractivity contribution in [2.75, 3.05) is 18.4 Å². The summed E-state index contributed by atoms with van der Waals surface area (Å²) >= 11 is 0. The molecule has 1 N–H and O–H groups in total. The molecule has 1 heterocycles. The van der Waals surface area contributed by atoms with Gasteiger partial charge in [-0.05, 0) is 49.9 Å². The highest BCUT2D eigenvalue weighted by Crippen LogP contribution is 2.25. The first-order valence-electron chi connectivity index (χ1n) is 11.1. The summed E-state index contributed by atoms with van der Waals surface area (Å²) in [5.41, 5.74) is 5.01. The van der Waals surface area contributed by atoms with Gasteiger partial charge in [0.25, 0.3) is 0 Å². The summed E-state index contributed by atoms with van der Waals surface area (Å²) in [7, 11) is 0. The minimum absolute atomic E-state index is 0.00249. The number of aromatic nitrogens is 2. The van der Waals surface area contributed by atoms with Crippen LogP contribution in [0.5, 0.6) is 0 Å². The summed E-state index contributed by atoms with van der Waals surface area (Å²) in [4.78, 5) is 31.6. The number of amides is 2. The lowest BCUT2D eigenvalue weighted by Crippen LogP contribution is -2.38. The van der Waals surface area contributed by atoms with E-state index in [4.69, 9.17) is 4.98 Å². The molecule has 0 radical (unpaired) electrons. The number of anilines is 1. The Morgan fingerprint density at radius 1 is 1.06 bits per heavy atom. The summed E-state index contributed by atoms with van der Waals surface area (Å²) in [5.74, 6) is 0.403. The van der Waals surface area contributed by atoms with E-state index < -0.39 is 0 Å². The zero-order valence-electron chi connectivity index (χ0n) is 19.6. The minimum atomic E-state index is -0.265. The van der Waals surface area contributed by atoms with E-state index in [9.17, 15) is 9.59 Å². The number of rotatable bonds is 8.